The maximum absolute atomic E-state index is 13.4. The minimum Gasteiger partial charge on any atom is -0.493 e. The molecule has 2 amide bonds. The highest BCUT2D eigenvalue weighted by Crippen LogP contribution is 2.33. The summed E-state index contributed by atoms with van der Waals surface area (Å²) in [6, 6.07) is 12.4. The first kappa shape index (κ1) is 31.2. The van der Waals surface area contributed by atoms with Gasteiger partial charge in [-0.15, -0.1) is 0 Å². The Bertz CT molecular complexity index is 1400. The van der Waals surface area contributed by atoms with Gasteiger partial charge in [-0.05, 0) is 54.7 Å². The van der Waals surface area contributed by atoms with E-state index in [2.05, 4.69) is 5.32 Å². The molecule has 0 aromatic heterocycles. The number of carbonyl (C=O) groups is 2. The van der Waals surface area contributed by atoms with Crippen molar-refractivity contribution in [2.45, 2.75) is 44.4 Å². The summed E-state index contributed by atoms with van der Waals surface area (Å²) in [6.07, 6.45) is 1.67. The third kappa shape index (κ3) is 7.65. The number of amides is 2. The van der Waals surface area contributed by atoms with Crippen LogP contribution in [0.1, 0.15) is 30.4 Å². The van der Waals surface area contributed by atoms with Gasteiger partial charge < -0.3 is 29.2 Å². The highest BCUT2D eigenvalue weighted by molar-refractivity contribution is 7.86. The van der Waals surface area contributed by atoms with Crippen LogP contribution in [0.5, 0.6) is 17.2 Å². The number of fused-ring (bicyclic) bond motifs is 5. The Morgan fingerprint density at radius 3 is 2.56 bits per heavy atom. The second-order valence-corrected chi connectivity index (χ2v) is 12.9. The lowest BCUT2D eigenvalue weighted by molar-refractivity contribution is -0.137. The van der Waals surface area contributed by atoms with E-state index in [9.17, 15) is 18.0 Å². The summed E-state index contributed by atoms with van der Waals surface area (Å²) in [5.41, 5.74) is 1.71. The van der Waals surface area contributed by atoms with Gasteiger partial charge in [0.2, 0.25) is 11.8 Å². The SMILES string of the molecule is COCCN1CC(=O)N[C@H]2CN(S(=O)(=O)N3CCCC3)C[C@@H]2OCc2cccc(c2)Oc2cc(ccc2OC)CCC1=O. The van der Waals surface area contributed by atoms with Gasteiger partial charge >= 0.3 is 0 Å². The van der Waals surface area contributed by atoms with E-state index < -0.39 is 22.4 Å². The Labute approximate surface area is 253 Å². The van der Waals surface area contributed by atoms with Crippen LogP contribution in [0.25, 0.3) is 0 Å². The summed E-state index contributed by atoms with van der Waals surface area (Å²) in [7, 11) is -0.590. The molecule has 0 unspecified atom stereocenters. The van der Waals surface area contributed by atoms with E-state index in [0.717, 1.165) is 24.0 Å². The Kier molecular flexibility index (Phi) is 10.2. The minimum atomic E-state index is -3.70. The van der Waals surface area contributed by atoms with Crippen LogP contribution in [0.15, 0.2) is 42.5 Å². The van der Waals surface area contributed by atoms with Gasteiger partial charge in [-0.25, -0.2) is 0 Å². The summed E-state index contributed by atoms with van der Waals surface area (Å²) in [4.78, 5) is 28.0. The normalized spacial score (nSPS) is 22.8. The highest BCUT2D eigenvalue weighted by atomic mass is 32.2. The molecule has 43 heavy (non-hydrogen) atoms. The van der Waals surface area contributed by atoms with Crippen molar-refractivity contribution in [3.05, 3.63) is 53.6 Å². The van der Waals surface area contributed by atoms with E-state index >= 15 is 0 Å². The van der Waals surface area contributed by atoms with Crippen LogP contribution >= 0.6 is 0 Å². The number of ether oxygens (including phenoxy) is 4. The molecule has 4 bridgehead atoms. The monoisotopic (exact) mass is 616 g/mol. The lowest BCUT2D eigenvalue weighted by Crippen LogP contribution is -2.49. The summed E-state index contributed by atoms with van der Waals surface area (Å²) in [6.45, 7) is 1.68. The Hall–Kier alpha value is -3.23. The molecule has 2 aromatic carbocycles. The summed E-state index contributed by atoms with van der Waals surface area (Å²) in [5.74, 6) is 1.07. The van der Waals surface area contributed by atoms with Gasteiger partial charge in [0.1, 0.15) is 5.75 Å². The van der Waals surface area contributed by atoms with Crippen LogP contribution in [0.4, 0.5) is 0 Å². The molecule has 1 N–H and O–H groups in total. The van der Waals surface area contributed by atoms with E-state index in [1.54, 1.807) is 13.2 Å². The Morgan fingerprint density at radius 1 is 0.977 bits per heavy atom. The molecule has 13 heteroatoms. The maximum atomic E-state index is 13.4. The van der Waals surface area contributed by atoms with E-state index in [4.69, 9.17) is 18.9 Å². The lowest BCUT2D eigenvalue weighted by Gasteiger charge is -2.25. The molecule has 2 fully saturated rings. The zero-order chi connectivity index (χ0) is 30.4. The molecular weight excluding hydrogens is 576 g/mol. The number of benzene rings is 2. The fraction of sp³-hybridized carbons (Fsp3) is 0.533. The van der Waals surface area contributed by atoms with Gasteiger partial charge in [-0.2, -0.15) is 17.0 Å². The summed E-state index contributed by atoms with van der Waals surface area (Å²) < 4.78 is 52.8. The van der Waals surface area contributed by atoms with E-state index in [1.165, 1.54) is 20.6 Å². The van der Waals surface area contributed by atoms with Crippen molar-refractivity contribution in [3.63, 3.8) is 0 Å². The first-order valence-electron chi connectivity index (χ1n) is 14.6. The average Bonchev–Trinajstić information content (AvgIpc) is 3.68. The van der Waals surface area contributed by atoms with E-state index in [-0.39, 0.29) is 57.6 Å². The quantitative estimate of drug-likeness (QED) is 0.522. The van der Waals surface area contributed by atoms with E-state index in [0.29, 0.717) is 36.8 Å². The molecule has 2 atom stereocenters. The molecular formula is C30H40N4O8S. The summed E-state index contributed by atoms with van der Waals surface area (Å²) >= 11 is 0. The Morgan fingerprint density at radius 2 is 1.79 bits per heavy atom. The zero-order valence-corrected chi connectivity index (χ0v) is 25.5. The highest BCUT2D eigenvalue weighted by Gasteiger charge is 2.43. The molecule has 3 aliphatic heterocycles. The van der Waals surface area contributed by atoms with Crippen molar-refractivity contribution >= 4 is 22.0 Å². The second kappa shape index (κ2) is 14.0. The first-order chi connectivity index (χ1) is 20.8. The maximum Gasteiger partial charge on any atom is 0.282 e. The van der Waals surface area contributed by atoms with Crippen molar-refractivity contribution in [2.75, 3.05) is 60.1 Å². The van der Waals surface area contributed by atoms with Crippen molar-refractivity contribution in [2.24, 2.45) is 0 Å². The smallest absolute Gasteiger partial charge is 0.282 e. The van der Waals surface area contributed by atoms with Gasteiger partial charge in [-0.1, -0.05) is 18.2 Å². The predicted molar refractivity (Wildman–Crippen MR) is 158 cm³/mol. The average molecular weight is 617 g/mol. The standard InChI is InChI=1S/C30H40N4O8S/c1-39-15-14-32-20-29(35)31-25-18-34(43(37,38)33-12-3-4-13-33)19-28(25)41-21-23-6-5-7-24(16-23)42-27-17-22(9-11-30(32)36)8-10-26(27)40-2/h5-8,10,16-17,25,28H,3-4,9,11-15,18-21H2,1-2H3,(H,31,35)/t25-,28-/m0/s1. The van der Waals surface area contributed by atoms with Gasteiger partial charge in [0.15, 0.2) is 11.5 Å². The molecule has 5 rings (SSSR count). The number of hydrogen-bond donors (Lipinski definition) is 1. The largest absolute Gasteiger partial charge is 0.493 e. The molecule has 0 spiro atoms. The number of nitrogens with zero attached hydrogens (tertiary/aromatic N) is 3. The van der Waals surface area contributed by atoms with Gasteiger partial charge in [0, 0.05) is 46.3 Å². The van der Waals surface area contributed by atoms with Crippen LogP contribution < -0.4 is 14.8 Å². The van der Waals surface area contributed by atoms with Crippen LogP contribution in [0, 0.1) is 0 Å². The van der Waals surface area contributed by atoms with Gasteiger partial charge in [0.05, 0.1) is 39.0 Å². The molecule has 0 saturated carbocycles. The molecule has 0 aliphatic carbocycles. The molecule has 0 radical (unpaired) electrons. The lowest BCUT2D eigenvalue weighted by atomic mass is 10.1. The van der Waals surface area contributed by atoms with Crippen molar-refractivity contribution < 1.29 is 37.0 Å². The van der Waals surface area contributed by atoms with Crippen LogP contribution in [-0.2, 0) is 42.3 Å². The third-order valence-electron chi connectivity index (χ3n) is 8.00. The van der Waals surface area contributed by atoms with Crippen LogP contribution in [0.2, 0.25) is 0 Å². The number of aryl methyl sites for hydroxylation is 1. The summed E-state index contributed by atoms with van der Waals surface area (Å²) in [5, 5.41) is 2.97. The number of methoxy groups -OCH3 is 2. The second-order valence-electron chi connectivity index (χ2n) is 11.0. The van der Waals surface area contributed by atoms with Gasteiger partial charge in [-0.3, -0.25) is 9.59 Å². The van der Waals surface area contributed by atoms with Gasteiger partial charge in [0.25, 0.3) is 10.2 Å². The first-order valence-corrected chi connectivity index (χ1v) is 16.0. The molecule has 3 aliphatic rings. The molecule has 3 heterocycles. The number of nitrogens with one attached hydrogen (secondary N) is 1. The van der Waals surface area contributed by atoms with Crippen molar-refractivity contribution in [1.82, 2.24) is 18.8 Å². The van der Waals surface area contributed by atoms with Crippen LogP contribution in [0.3, 0.4) is 0 Å². The number of hydrogen-bond acceptors (Lipinski definition) is 8. The number of rotatable bonds is 6. The Balaban J connectivity index is 1.43. The third-order valence-corrected chi connectivity index (χ3v) is 9.96. The molecule has 12 nitrogen and oxygen atoms in total. The fourth-order valence-electron chi connectivity index (χ4n) is 5.63. The molecule has 2 aromatic rings. The molecule has 234 valence electrons. The van der Waals surface area contributed by atoms with Crippen molar-refractivity contribution in [1.29, 1.82) is 0 Å². The minimum absolute atomic E-state index is 0.0822. The number of carbonyl (C=O) groups excluding carboxylic acids is 2. The van der Waals surface area contributed by atoms with E-state index in [1.807, 2.05) is 36.4 Å². The molecule has 2 saturated heterocycles. The zero-order valence-electron chi connectivity index (χ0n) is 24.7. The fourth-order valence-corrected chi connectivity index (χ4v) is 7.36. The topological polar surface area (TPSA) is 127 Å². The van der Waals surface area contributed by atoms with Crippen LogP contribution in [-0.4, -0.2) is 106 Å². The van der Waals surface area contributed by atoms with Crippen molar-refractivity contribution in [3.8, 4) is 17.2 Å². The predicted octanol–water partition coefficient (Wildman–Crippen LogP) is 1.93.